The van der Waals surface area contributed by atoms with E-state index in [2.05, 4.69) is 154 Å². The minimum atomic E-state index is -0.841. The van der Waals surface area contributed by atoms with Crippen LogP contribution in [0.3, 0.4) is 0 Å². The lowest BCUT2D eigenvalue weighted by atomic mass is 10.0. The van der Waals surface area contributed by atoms with Gasteiger partial charge in [0.15, 0.2) is 6.10 Å². The second-order valence-corrected chi connectivity index (χ2v) is 19.5. The van der Waals surface area contributed by atoms with Crippen LogP contribution in [0.4, 0.5) is 0 Å². The number of ether oxygens (including phenoxy) is 3. The van der Waals surface area contributed by atoms with Crippen molar-refractivity contribution in [1.29, 1.82) is 0 Å². The van der Waals surface area contributed by atoms with Crippen LogP contribution in [0.2, 0.25) is 0 Å². The fourth-order valence-corrected chi connectivity index (χ4v) is 7.86. The Labute approximate surface area is 461 Å². The highest BCUT2D eigenvalue weighted by atomic mass is 16.6. The van der Waals surface area contributed by atoms with E-state index < -0.39 is 12.1 Å². The molecule has 1 unspecified atom stereocenters. The summed E-state index contributed by atoms with van der Waals surface area (Å²) in [5, 5.41) is 0. The molecule has 6 nitrogen and oxygen atoms in total. The van der Waals surface area contributed by atoms with Gasteiger partial charge in [0.2, 0.25) is 0 Å². The Morgan fingerprint density at radius 3 is 0.893 bits per heavy atom. The second-order valence-electron chi connectivity index (χ2n) is 19.5. The molecule has 6 heteroatoms. The molecule has 0 aromatic heterocycles. The Balaban J connectivity index is 4.29. The molecule has 0 aliphatic carbocycles. The first kappa shape index (κ1) is 70.3. The summed E-state index contributed by atoms with van der Waals surface area (Å²) in [7, 11) is 0. The van der Waals surface area contributed by atoms with E-state index in [-0.39, 0.29) is 31.6 Å². The lowest BCUT2D eigenvalue weighted by molar-refractivity contribution is -0.166. The summed E-state index contributed by atoms with van der Waals surface area (Å²) in [6, 6.07) is 0. The first-order valence-corrected chi connectivity index (χ1v) is 30.3. The first-order valence-electron chi connectivity index (χ1n) is 30.3. The van der Waals surface area contributed by atoms with Crippen molar-refractivity contribution in [1.82, 2.24) is 0 Å². The van der Waals surface area contributed by atoms with E-state index in [0.717, 1.165) is 116 Å². The molecule has 0 N–H and O–H groups in total. The summed E-state index contributed by atoms with van der Waals surface area (Å²) < 4.78 is 16.7. The molecule has 75 heavy (non-hydrogen) atoms. The third-order valence-electron chi connectivity index (χ3n) is 12.3. The first-order chi connectivity index (χ1) is 37.0. The van der Waals surface area contributed by atoms with Gasteiger partial charge in [-0.1, -0.05) is 263 Å². The maximum atomic E-state index is 12.8. The van der Waals surface area contributed by atoms with Crippen molar-refractivity contribution in [3.8, 4) is 0 Å². The van der Waals surface area contributed by atoms with Crippen LogP contribution in [0.5, 0.6) is 0 Å². The summed E-state index contributed by atoms with van der Waals surface area (Å²) in [4.78, 5) is 38.1. The normalized spacial score (nSPS) is 13.2. The molecule has 0 aromatic carbocycles. The van der Waals surface area contributed by atoms with Crippen LogP contribution in [0.15, 0.2) is 146 Å². The molecule has 0 rings (SSSR count). The van der Waals surface area contributed by atoms with Gasteiger partial charge in [0.05, 0.1) is 6.42 Å². The van der Waals surface area contributed by atoms with Crippen LogP contribution >= 0.6 is 0 Å². The Kier molecular flexibility index (Phi) is 58.0. The third kappa shape index (κ3) is 60.0. The number of hydrogen-bond acceptors (Lipinski definition) is 6. The van der Waals surface area contributed by atoms with Crippen molar-refractivity contribution in [2.24, 2.45) is 0 Å². The molecule has 0 fully saturated rings. The monoisotopic (exact) mass is 1030 g/mol. The van der Waals surface area contributed by atoms with Crippen molar-refractivity contribution in [2.45, 2.75) is 258 Å². The van der Waals surface area contributed by atoms with Gasteiger partial charge in [0.25, 0.3) is 0 Å². The predicted octanol–water partition coefficient (Wildman–Crippen LogP) is 20.8. The molecule has 0 heterocycles. The number of unbranched alkanes of at least 4 members (excludes halogenated alkanes) is 19. The van der Waals surface area contributed by atoms with Gasteiger partial charge in [-0.25, -0.2) is 0 Å². The van der Waals surface area contributed by atoms with Crippen LogP contribution < -0.4 is 0 Å². The largest absolute Gasteiger partial charge is 0.462 e. The quantitative estimate of drug-likeness (QED) is 0.0261. The second kappa shape index (κ2) is 61.8. The van der Waals surface area contributed by atoms with Crippen LogP contribution in [0, 0.1) is 0 Å². The van der Waals surface area contributed by atoms with Gasteiger partial charge in [-0.05, 0) is 116 Å². The molecule has 0 spiro atoms. The van der Waals surface area contributed by atoms with Crippen LogP contribution in [-0.2, 0) is 28.6 Å². The van der Waals surface area contributed by atoms with Gasteiger partial charge in [-0.3, -0.25) is 14.4 Å². The topological polar surface area (TPSA) is 78.9 Å². The molecular formula is C69H110O6. The minimum absolute atomic E-state index is 0.0900. The Morgan fingerprint density at radius 2 is 0.560 bits per heavy atom. The van der Waals surface area contributed by atoms with Crippen LogP contribution in [0.1, 0.15) is 252 Å². The molecule has 0 bridgehead atoms. The number of hydrogen-bond donors (Lipinski definition) is 0. The van der Waals surface area contributed by atoms with E-state index in [1.54, 1.807) is 6.08 Å². The number of carbonyl (C=O) groups is 3. The minimum Gasteiger partial charge on any atom is -0.462 e. The molecular weight excluding hydrogens is 925 g/mol. The number of allylic oxidation sites excluding steroid dienone is 23. The number of carbonyl (C=O) groups excluding carboxylic acids is 3. The van der Waals surface area contributed by atoms with E-state index in [1.165, 1.54) is 89.9 Å². The molecule has 422 valence electrons. The maximum Gasteiger partial charge on any atom is 0.310 e. The van der Waals surface area contributed by atoms with Crippen molar-refractivity contribution in [2.75, 3.05) is 13.2 Å². The molecule has 1 atom stereocenters. The van der Waals surface area contributed by atoms with Gasteiger partial charge in [-0.15, -0.1) is 0 Å². The van der Waals surface area contributed by atoms with E-state index in [1.807, 2.05) is 6.08 Å². The van der Waals surface area contributed by atoms with Gasteiger partial charge in [-0.2, -0.15) is 0 Å². The van der Waals surface area contributed by atoms with E-state index in [0.29, 0.717) is 19.3 Å². The van der Waals surface area contributed by atoms with Gasteiger partial charge >= 0.3 is 17.9 Å². The highest BCUT2D eigenvalue weighted by Gasteiger charge is 2.19. The zero-order valence-electron chi connectivity index (χ0n) is 48.3. The Bertz CT molecular complexity index is 1660. The van der Waals surface area contributed by atoms with E-state index >= 15 is 0 Å². The third-order valence-corrected chi connectivity index (χ3v) is 12.3. The molecule has 0 aliphatic heterocycles. The molecule has 0 amide bonds. The SMILES string of the molecule is CC/C=C\C/C=C\C/C=C\C/C=C\C/C=C\C/C=C\CCCCCCCCCCCCCCC(=O)OCC(COC(=O)CCCCCCC/C=C\CCCC)OC(=O)C/C=C\C/C=C\C/C=C\C/C=C\C/C=C\CC. The highest BCUT2D eigenvalue weighted by molar-refractivity contribution is 5.72. The molecule has 0 saturated heterocycles. The van der Waals surface area contributed by atoms with Crippen molar-refractivity contribution >= 4 is 17.9 Å². The summed E-state index contributed by atoms with van der Waals surface area (Å²) in [6.45, 7) is 6.27. The zero-order chi connectivity index (χ0) is 54.3. The summed E-state index contributed by atoms with van der Waals surface area (Å²) in [6.07, 6.45) is 88.9. The van der Waals surface area contributed by atoms with Gasteiger partial charge in [0, 0.05) is 12.8 Å². The predicted molar refractivity (Wildman–Crippen MR) is 325 cm³/mol. The van der Waals surface area contributed by atoms with Crippen molar-refractivity contribution in [3.63, 3.8) is 0 Å². The molecule has 0 radical (unpaired) electrons. The maximum absolute atomic E-state index is 12.8. The van der Waals surface area contributed by atoms with E-state index in [4.69, 9.17) is 14.2 Å². The van der Waals surface area contributed by atoms with Crippen LogP contribution in [-0.4, -0.2) is 37.2 Å². The van der Waals surface area contributed by atoms with E-state index in [9.17, 15) is 14.4 Å². The van der Waals surface area contributed by atoms with Crippen molar-refractivity contribution < 1.29 is 28.6 Å². The summed E-state index contributed by atoms with van der Waals surface area (Å²) in [5.74, 6) is -1.07. The standard InChI is InChI=1S/C69H110O6/c1-4-7-10-13-16-19-22-24-26-27-28-29-30-31-32-33-34-35-36-37-38-39-40-41-43-44-47-50-53-56-59-62-68(71)74-65-66(64-73-67(70)61-58-55-52-49-46-21-18-15-12-9-6-3)75-69(72)63-60-57-54-51-48-45-42-25-23-20-17-14-11-8-5-2/h7-8,10-11,15-20,24-26,28-29,31-32,34-35,42,48,51,57,60,66H,4-6,9,12-14,21-23,27,30,33,36-41,43-47,49-50,52-56,58-59,61-65H2,1-3H3/b10-7-,11-8-,18-15-,19-16-,20-17-,26-24-,29-28-,32-31-,35-34-,42-25-,51-48-,60-57-. The fourth-order valence-electron chi connectivity index (χ4n) is 7.86. The van der Waals surface area contributed by atoms with Crippen molar-refractivity contribution in [3.05, 3.63) is 146 Å². The molecule has 0 saturated carbocycles. The lowest BCUT2D eigenvalue weighted by Crippen LogP contribution is -2.30. The average molecular weight is 1040 g/mol. The zero-order valence-corrected chi connectivity index (χ0v) is 48.3. The van der Waals surface area contributed by atoms with Gasteiger partial charge in [0.1, 0.15) is 13.2 Å². The fraction of sp³-hybridized carbons (Fsp3) is 0.609. The number of rotatable bonds is 53. The number of esters is 3. The highest BCUT2D eigenvalue weighted by Crippen LogP contribution is 2.15. The van der Waals surface area contributed by atoms with Crippen LogP contribution in [0.25, 0.3) is 0 Å². The Morgan fingerprint density at radius 1 is 0.293 bits per heavy atom. The molecule has 0 aromatic rings. The Hall–Kier alpha value is -4.71. The lowest BCUT2D eigenvalue weighted by Gasteiger charge is -2.18. The molecule has 0 aliphatic rings. The smallest absolute Gasteiger partial charge is 0.310 e. The average Bonchev–Trinajstić information content (AvgIpc) is 3.41. The van der Waals surface area contributed by atoms with Gasteiger partial charge < -0.3 is 14.2 Å². The summed E-state index contributed by atoms with van der Waals surface area (Å²) >= 11 is 0. The summed E-state index contributed by atoms with van der Waals surface area (Å²) in [5.41, 5.74) is 0.